The third kappa shape index (κ3) is 6.10. The van der Waals surface area contributed by atoms with Gasteiger partial charge >= 0.3 is 0 Å². The van der Waals surface area contributed by atoms with Crippen molar-refractivity contribution in [2.75, 3.05) is 19.7 Å². The van der Waals surface area contributed by atoms with Gasteiger partial charge in [0.15, 0.2) is 0 Å². The number of benzene rings is 2. The van der Waals surface area contributed by atoms with Crippen LogP contribution in [0.25, 0.3) is 0 Å². The van der Waals surface area contributed by atoms with Gasteiger partial charge in [-0.15, -0.1) is 24.8 Å². The van der Waals surface area contributed by atoms with Crippen LogP contribution >= 0.6 is 56.7 Å². The summed E-state index contributed by atoms with van der Waals surface area (Å²) in [5.41, 5.74) is 8.48. The van der Waals surface area contributed by atoms with E-state index >= 15 is 0 Å². The minimum atomic E-state index is -0.00742. The Kier molecular flexibility index (Phi) is 9.74. The summed E-state index contributed by atoms with van der Waals surface area (Å²) >= 11 is 7.10. The molecular weight excluding hydrogens is 543 g/mol. The molecule has 0 aliphatic carbocycles. The zero-order valence-electron chi connectivity index (χ0n) is 15.9. The average Bonchev–Trinajstić information content (AvgIpc) is 2.66. The molecule has 2 aliphatic rings. The molecule has 0 bridgehead atoms. The fraction of sp³-hybridized carbons (Fsp3) is 0.429. The highest BCUT2D eigenvalue weighted by Crippen LogP contribution is 2.38. The third-order valence-electron chi connectivity index (χ3n) is 5.35. The molecule has 4 rings (SSSR count). The Bertz CT molecular complexity index is 784. The number of hydrogen-bond acceptors (Lipinski definition) is 4. The molecular formula is C21H26Br2Cl2N2O2. The van der Waals surface area contributed by atoms with Crippen molar-refractivity contribution in [2.45, 2.75) is 37.6 Å². The maximum absolute atomic E-state index is 6.39. The van der Waals surface area contributed by atoms with Gasteiger partial charge in [-0.2, -0.15) is 0 Å². The van der Waals surface area contributed by atoms with E-state index in [2.05, 4.69) is 67.1 Å². The van der Waals surface area contributed by atoms with E-state index in [1.807, 2.05) is 12.1 Å². The van der Waals surface area contributed by atoms with Crippen LogP contribution in [0.5, 0.6) is 5.75 Å². The van der Waals surface area contributed by atoms with E-state index in [1.54, 1.807) is 0 Å². The molecule has 0 amide bonds. The summed E-state index contributed by atoms with van der Waals surface area (Å²) in [5, 5.41) is 0. The van der Waals surface area contributed by atoms with E-state index in [-0.39, 0.29) is 37.0 Å². The van der Waals surface area contributed by atoms with E-state index in [4.69, 9.17) is 15.2 Å². The maximum atomic E-state index is 6.39. The monoisotopic (exact) mass is 566 g/mol. The number of likely N-dealkylation sites (tertiary alicyclic amines) is 1. The number of halogens is 4. The molecule has 2 heterocycles. The summed E-state index contributed by atoms with van der Waals surface area (Å²) < 4.78 is 14.5. The van der Waals surface area contributed by atoms with Gasteiger partial charge in [0.05, 0.1) is 12.6 Å². The van der Waals surface area contributed by atoms with Crippen molar-refractivity contribution in [3.63, 3.8) is 0 Å². The first-order chi connectivity index (χ1) is 13.1. The van der Waals surface area contributed by atoms with E-state index in [9.17, 15) is 0 Å². The van der Waals surface area contributed by atoms with Crippen LogP contribution in [-0.2, 0) is 11.3 Å². The Labute approximate surface area is 201 Å². The van der Waals surface area contributed by atoms with Crippen LogP contribution in [0.3, 0.4) is 0 Å². The first-order valence-corrected chi connectivity index (χ1v) is 11.0. The number of hydrogen-bond donors (Lipinski definition) is 1. The number of rotatable bonds is 4. The Hall–Kier alpha value is -0.340. The summed E-state index contributed by atoms with van der Waals surface area (Å²) in [6.45, 7) is 3.13. The molecule has 2 aromatic rings. The van der Waals surface area contributed by atoms with Crippen LogP contribution in [0, 0.1) is 0 Å². The minimum absolute atomic E-state index is 0. The van der Waals surface area contributed by atoms with Crippen LogP contribution in [0.4, 0.5) is 0 Å². The quantitative estimate of drug-likeness (QED) is 0.529. The predicted octanol–water partition coefficient (Wildman–Crippen LogP) is 5.50. The number of fused-ring (bicyclic) bond motifs is 1. The van der Waals surface area contributed by atoms with Crippen LogP contribution in [-0.4, -0.2) is 36.7 Å². The van der Waals surface area contributed by atoms with Crippen molar-refractivity contribution in [3.8, 4) is 5.75 Å². The largest absolute Gasteiger partial charge is 0.490 e. The molecule has 2 N–H and O–H groups in total. The smallest absolute Gasteiger partial charge is 0.124 e. The second-order valence-corrected chi connectivity index (χ2v) is 9.13. The molecule has 2 aromatic carbocycles. The summed E-state index contributed by atoms with van der Waals surface area (Å²) in [4.78, 5) is 2.52. The van der Waals surface area contributed by atoms with Crippen molar-refractivity contribution >= 4 is 56.7 Å². The van der Waals surface area contributed by atoms with Gasteiger partial charge in [0.25, 0.3) is 0 Å². The molecule has 0 aromatic heterocycles. The maximum Gasteiger partial charge on any atom is 0.124 e. The van der Waals surface area contributed by atoms with Crippen molar-refractivity contribution < 1.29 is 9.47 Å². The van der Waals surface area contributed by atoms with Crippen molar-refractivity contribution in [3.05, 3.63) is 62.5 Å². The van der Waals surface area contributed by atoms with Crippen LogP contribution in [0.1, 0.15) is 30.0 Å². The summed E-state index contributed by atoms with van der Waals surface area (Å²) in [6, 6.07) is 15.1. The zero-order chi connectivity index (χ0) is 18.8. The Morgan fingerprint density at radius 1 is 1.03 bits per heavy atom. The fourth-order valence-electron chi connectivity index (χ4n) is 3.99. The van der Waals surface area contributed by atoms with Gasteiger partial charge in [0.1, 0.15) is 18.5 Å². The molecule has 160 valence electrons. The van der Waals surface area contributed by atoms with Gasteiger partial charge in [-0.05, 0) is 42.7 Å². The highest BCUT2D eigenvalue weighted by molar-refractivity contribution is 9.11. The van der Waals surface area contributed by atoms with E-state index < -0.39 is 0 Å². The minimum Gasteiger partial charge on any atom is -0.490 e. The topological polar surface area (TPSA) is 47.7 Å². The zero-order valence-corrected chi connectivity index (χ0v) is 20.7. The van der Waals surface area contributed by atoms with Crippen molar-refractivity contribution in [1.82, 2.24) is 4.90 Å². The van der Waals surface area contributed by atoms with Gasteiger partial charge in [0, 0.05) is 33.6 Å². The molecule has 4 nitrogen and oxygen atoms in total. The average molecular weight is 569 g/mol. The second-order valence-electron chi connectivity index (χ2n) is 7.29. The predicted molar refractivity (Wildman–Crippen MR) is 128 cm³/mol. The summed E-state index contributed by atoms with van der Waals surface area (Å²) in [6.07, 6.45) is 2.06. The fourth-order valence-corrected chi connectivity index (χ4v) is 5.37. The molecule has 2 atom stereocenters. The first-order valence-electron chi connectivity index (χ1n) is 9.38. The molecule has 2 aliphatic heterocycles. The molecule has 8 heteroatoms. The molecule has 0 spiro atoms. The Morgan fingerprint density at radius 3 is 2.38 bits per heavy atom. The third-order valence-corrected chi connectivity index (χ3v) is 6.26. The van der Waals surface area contributed by atoms with Gasteiger partial charge in [-0.3, -0.25) is 4.90 Å². The molecule has 0 saturated carbocycles. The molecule has 0 unspecified atom stereocenters. The van der Waals surface area contributed by atoms with Gasteiger partial charge in [-0.25, -0.2) is 0 Å². The first kappa shape index (κ1) is 24.9. The summed E-state index contributed by atoms with van der Waals surface area (Å²) in [7, 11) is 0. The molecule has 1 saturated heterocycles. The van der Waals surface area contributed by atoms with E-state index in [1.165, 1.54) is 5.56 Å². The van der Waals surface area contributed by atoms with Crippen LogP contribution in [0.2, 0.25) is 0 Å². The highest BCUT2D eigenvalue weighted by atomic mass is 79.9. The lowest BCUT2D eigenvalue weighted by molar-refractivity contribution is -0.0640. The lowest BCUT2D eigenvalue weighted by Crippen LogP contribution is -2.48. The van der Waals surface area contributed by atoms with Gasteiger partial charge in [0.2, 0.25) is 0 Å². The lowest BCUT2D eigenvalue weighted by atomic mass is 9.93. The number of piperidine rings is 1. The summed E-state index contributed by atoms with van der Waals surface area (Å²) in [5.74, 6) is 0.974. The Morgan fingerprint density at radius 2 is 1.69 bits per heavy atom. The molecule has 1 fully saturated rings. The number of nitrogens with two attached hydrogens (primary N) is 1. The van der Waals surface area contributed by atoms with Crippen LogP contribution in [0.15, 0.2) is 51.4 Å². The normalized spacial score (nSPS) is 22.0. The van der Waals surface area contributed by atoms with E-state index in [0.717, 1.165) is 46.2 Å². The number of nitrogens with zero attached hydrogens (tertiary/aromatic N) is 1. The van der Waals surface area contributed by atoms with Crippen molar-refractivity contribution in [1.29, 1.82) is 0 Å². The van der Waals surface area contributed by atoms with Crippen LogP contribution < -0.4 is 10.5 Å². The van der Waals surface area contributed by atoms with Gasteiger partial charge in [-0.1, -0.05) is 50.1 Å². The number of para-hydroxylation sites is 1. The second kappa shape index (κ2) is 11.3. The standard InChI is InChI=1S/C21H24Br2N2O2.2ClH/c22-15-9-14(10-16(23)11-15)12-26-20-13-27-19-4-2-1-3-18(19)21(20)25-7-5-17(24)6-8-25;;/h1-4,9-11,17,20-21H,5-8,12-13,24H2;2*1H/t20-,21-;;/m1../s1. The Balaban J connectivity index is 0.00000150. The SMILES string of the molecule is Cl.Cl.NC1CCN([C@@H]2c3ccccc3OC[C@H]2OCc2cc(Br)cc(Br)c2)CC1. The van der Waals surface area contributed by atoms with Gasteiger partial charge < -0.3 is 15.2 Å². The molecule has 29 heavy (non-hydrogen) atoms. The molecule has 0 radical (unpaired) electrons. The lowest BCUT2D eigenvalue weighted by Gasteiger charge is -2.43. The highest BCUT2D eigenvalue weighted by Gasteiger charge is 2.37. The van der Waals surface area contributed by atoms with Crippen molar-refractivity contribution in [2.24, 2.45) is 5.73 Å². The number of ether oxygens (including phenoxy) is 2. The van der Waals surface area contributed by atoms with E-state index in [0.29, 0.717) is 19.3 Å².